The normalized spacial score (nSPS) is 11.4. The smallest absolute Gasteiger partial charge is 0.221 e. The van der Waals surface area contributed by atoms with E-state index < -0.39 is 0 Å². The van der Waals surface area contributed by atoms with Crippen LogP contribution in [0.2, 0.25) is 0 Å². The van der Waals surface area contributed by atoms with Crippen molar-refractivity contribution in [3.05, 3.63) is 24.0 Å². The molecule has 4 N–H and O–H groups in total. The largest absolute Gasteiger partial charge is 0.364 e. The van der Waals surface area contributed by atoms with Gasteiger partial charge in [-0.2, -0.15) is 0 Å². The zero-order valence-corrected chi connectivity index (χ0v) is 9.34. The molecule has 1 aromatic rings. The fourth-order valence-corrected chi connectivity index (χ4v) is 1.39. The monoisotopic (exact) mass is 209 g/mol. The van der Waals surface area contributed by atoms with E-state index in [1.54, 1.807) is 0 Å². The Bertz CT molecular complexity index is 304. The second-order valence-electron chi connectivity index (χ2n) is 4.28. The molecule has 0 saturated carbocycles. The molecule has 0 aromatic carbocycles. The molecular formula is C11H19N3O. The Balaban J connectivity index is 2.47. The van der Waals surface area contributed by atoms with E-state index in [4.69, 9.17) is 5.73 Å². The Labute approximate surface area is 90.2 Å². The summed E-state index contributed by atoms with van der Waals surface area (Å²) in [5.74, 6) is 0.0112. The Hall–Kier alpha value is -1.29. The fourth-order valence-electron chi connectivity index (χ4n) is 1.39. The summed E-state index contributed by atoms with van der Waals surface area (Å²) in [6, 6.07) is 3.98. The average Bonchev–Trinajstić information content (AvgIpc) is 2.69. The molecule has 84 valence electrons. The number of carbonyl (C=O) groups excluding carboxylic acids is 1. The quantitative estimate of drug-likeness (QED) is 0.670. The lowest BCUT2D eigenvalue weighted by molar-refractivity contribution is -0.121. The standard InChI is InChI=1S/C11H19N3O/c1-11(2,9-4-3-7-13-9)8-14-10(15)5-6-12/h3-4,7,13H,5-6,8,12H2,1-2H3,(H,14,15). The van der Waals surface area contributed by atoms with Crippen molar-refractivity contribution in [2.45, 2.75) is 25.7 Å². The number of nitrogens with two attached hydrogens (primary N) is 1. The van der Waals surface area contributed by atoms with Crippen LogP contribution in [0.4, 0.5) is 0 Å². The second-order valence-corrected chi connectivity index (χ2v) is 4.28. The summed E-state index contributed by atoms with van der Waals surface area (Å²) in [4.78, 5) is 14.4. The van der Waals surface area contributed by atoms with Gasteiger partial charge in [0.1, 0.15) is 0 Å². The predicted molar refractivity (Wildman–Crippen MR) is 60.5 cm³/mol. The van der Waals surface area contributed by atoms with Crippen molar-refractivity contribution in [3.8, 4) is 0 Å². The van der Waals surface area contributed by atoms with Gasteiger partial charge in [0.2, 0.25) is 5.91 Å². The molecular weight excluding hydrogens is 190 g/mol. The fraction of sp³-hybridized carbons (Fsp3) is 0.545. The van der Waals surface area contributed by atoms with E-state index in [-0.39, 0.29) is 11.3 Å². The van der Waals surface area contributed by atoms with Crippen LogP contribution in [0.5, 0.6) is 0 Å². The highest BCUT2D eigenvalue weighted by molar-refractivity contribution is 5.76. The van der Waals surface area contributed by atoms with Crippen molar-refractivity contribution in [1.29, 1.82) is 0 Å². The number of aromatic amines is 1. The van der Waals surface area contributed by atoms with Gasteiger partial charge in [0.05, 0.1) is 0 Å². The molecule has 0 aliphatic rings. The van der Waals surface area contributed by atoms with E-state index >= 15 is 0 Å². The summed E-state index contributed by atoms with van der Waals surface area (Å²) in [6.07, 6.45) is 2.28. The molecule has 1 rings (SSSR count). The van der Waals surface area contributed by atoms with Gasteiger partial charge in [-0.05, 0) is 12.1 Å². The van der Waals surface area contributed by atoms with E-state index in [0.717, 1.165) is 5.69 Å². The summed E-state index contributed by atoms with van der Waals surface area (Å²) >= 11 is 0. The third-order valence-corrected chi connectivity index (χ3v) is 2.43. The van der Waals surface area contributed by atoms with Gasteiger partial charge in [0.15, 0.2) is 0 Å². The molecule has 0 unspecified atom stereocenters. The predicted octanol–water partition coefficient (Wildman–Crippen LogP) is 0.757. The van der Waals surface area contributed by atoms with Crippen LogP contribution in [-0.4, -0.2) is 24.0 Å². The van der Waals surface area contributed by atoms with E-state index in [2.05, 4.69) is 24.1 Å². The van der Waals surface area contributed by atoms with Gasteiger partial charge in [-0.25, -0.2) is 0 Å². The Morgan fingerprint density at radius 3 is 2.87 bits per heavy atom. The minimum atomic E-state index is -0.0756. The maximum absolute atomic E-state index is 11.3. The second kappa shape index (κ2) is 4.98. The molecule has 1 heterocycles. The Kier molecular flexibility index (Phi) is 3.91. The van der Waals surface area contributed by atoms with Crippen LogP contribution >= 0.6 is 0 Å². The average molecular weight is 209 g/mol. The number of nitrogens with one attached hydrogen (secondary N) is 2. The molecule has 0 radical (unpaired) electrons. The number of hydrogen-bond donors (Lipinski definition) is 3. The topological polar surface area (TPSA) is 70.9 Å². The molecule has 4 heteroatoms. The molecule has 0 spiro atoms. The SMILES string of the molecule is CC(C)(CNC(=O)CCN)c1ccc[nH]1. The molecule has 1 aromatic heterocycles. The van der Waals surface area contributed by atoms with Crippen LogP contribution in [0.15, 0.2) is 18.3 Å². The van der Waals surface area contributed by atoms with Crippen molar-refractivity contribution in [3.63, 3.8) is 0 Å². The van der Waals surface area contributed by atoms with Gasteiger partial charge >= 0.3 is 0 Å². The summed E-state index contributed by atoms with van der Waals surface area (Å²) in [5.41, 5.74) is 6.34. The lowest BCUT2D eigenvalue weighted by Crippen LogP contribution is -2.37. The minimum Gasteiger partial charge on any atom is -0.364 e. The molecule has 0 saturated heterocycles. The lowest BCUT2D eigenvalue weighted by atomic mass is 9.89. The number of aromatic nitrogens is 1. The summed E-state index contributed by atoms with van der Waals surface area (Å²) in [5, 5.41) is 2.87. The van der Waals surface area contributed by atoms with Gasteiger partial charge in [-0.1, -0.05) is 13.8 Å². The van der Waals surface area contributed by atoms with Gasteiger partial charge in [-0.15, -0.1) is 0 Å². The minimum absolute atomic E-state index is 0.0112. The highest BCUT2D eigenvalue weighted by Gasteiger charge is 2.21. The van der Waals surface area contributed by atoms with Crippen molar-refractivity contribution in [2.75, 3.05) is 13.1 Å². The van der Waals surface area contributed by atoms with Crippen LogP contribution in [0, 0.1) is 0 Å². The first kappa shape index (κ1) is 11.8. The zero-order valence-electron chi connectivity index (χ0n) is 9.34. The molecule has 0 aliphatic heterocycles. The molecule has 0 aliphatic carbocycles. The van der Waals surface area contributed by atoms with Crippen molar-refractivity contribution in [2.24, 2.45) is 5.73 Å². The Morgan fingerprint density at radius 1 is 1.60 bits per heavy atom. The first-order valence-corrected chi connectivity index (χ1v) is 5.17. The van der Waals surface area contributed by atoms with Crippen LogP contribution in [0.1, 0.15) is 26.0 Å². The molecule has 0 fully saturated rings. The van der Waals surface area contributed by atoms with Crippen LogP contribution in [-0.2, 0) is 10.2 Å². The zero-order chi connectivity index (χ0) is 11.3. The highest BCUT2D eigenvalue weighted by atomic mass is 16.1. The van der Waals surface area contributed by atoms with Crippen molar-refractivity contribution < 1.29 is 4.79 Å². The summed E-state index contributed by atoms with van der Waals surface area (Å²) < 4.78 is 0. The molecule has 0 atom stereocenters. The summed E-state index contributed by atoms with van der Waals surface area (Å²) in [6.45, 7) is 5.18. The maximum Gasteiger partial charge on any atom is 0.221 e. The molecule has 15 heavy (non-hydrogen) atoms. The number of amides is 1. The Morgan fingerprint density at radius 2 is 2.33 bits per heavy atom. The third-order valence-electron chi connectivity index (χ3n) is 2.43. The van der Waals surface area contributed by atoms with Gasteiger partial charge in [0, 0.05) is 36.8 Å². The van der Waals surface area contributed by atoms with Crippen molar-refractivity contribution >= 4 is 5.91 Å². The molecule has 0 bridgehead atoms. The van der Waals surface area contributed by atoms with Gasteiger partial charge < -0.3 is 16.0 Å². The van der Waals surface area contributed by atoms with Crippen molar-refractivity contribution in [1.82, 2.24) is 10.3 Å². The number of H-pyrrole nitrogens is 1. The maximum atomic E-state index is 11.3. The van der Waals surface area contributed by atoms with Gasteiger partial charge in [0.25, 0.3) is 0 Å². The highest BCUT2D eigenvalue weighted by Crippen LogP contribution is 2.19. The lowest BCUT2D eigenvalue weighted by Gasteiger charge is -2.23. The first-order valence-electron chi connectivity index (χ1n) is 5.17. The first-order chi connectivity index (χ1) is 7.06. The van der Waals surface area contributed by atoms with E-state index in [1.807, 2.05) is 18.3 Å². The number of rotatable bonds is 5. The van der Waals surface area contributed by atoms with Crippen LogP contribution in [0.25, 0.3) is 0 Å². The van der Waals surface area contributed by atoms with E-state index in [0.29, 0.717) is 19.5 Å². The molecule has 4 nitrogen and oxygen atoms in total. The van der Waals surface area contributed by atoms with Gasteiger partial charge in [-0.3, -0.25) is 4.79 Å². The number of carbonyl (C=O) groups is 1. The molecule has 1 amide bonds. The van der Waals surface area contributed by atoms with Crippen LogP contribution in [0.3, 0.4) is 0 Å². The van der Waals surface area contributed by atoms with E-state index in [9.17, 15) is 4.79 Å². The van der Waals surface area contributed by atoms with E-state index in [1.165, 1.54) is 0 Å². The number of hydrogen-bond acceptors (Lipinski definition) is 2. The third kappa shape index (κ3) is 3.40. The summed E-state index contributed by atoms with van der Waals surface area (Å²) in [7, 11) is 0. The van der Waals surface area contributed by atoms with Crippen LogP contribution < -0.4 is 11.1 Å².